The molecule has 0 spiro atoms. The van der Waals surface area contributed by atoms with Gasteiger partial charge >= 0.3 is 5.97 Å². The van der Waals surface area contributed by atoms with Crippen molar-refractivity contribution in [2.24, 2.45) is 0 Å². The highest BCUT2D eigenvalue weighted by Crippen LogP contribution is 2.20. The van der Waals surface area contributed by atoms with Gasteiger partial charge in [-0.15, -0.1) is 0 Å². The summed E-state index contributed by atoms with van der Waals surface area (Å²) in [6, 6.07) is 17.5. The molecule has 0 aliphatic heterocycles. The van der Waals surface area contributed by atoms with Gasteiger partial charge in [0.15, 0.2) is 0 Å². The molecule has 0 amide bonds. The van der Waals surface area contributed by atoms with Gasteiger partial charge in [0.2, 0.25) is 0 Å². The zero-order valence-corrected chi connectivity index (χ0v) is 12.4. The summed E-state index contributed by atoms with van der Waals surface area (Å²) >= 11 is 0. The maximum Gasteiger partial charge on any atom is 0.306 e. The Balaban J connectivity index is 1.83. The van der Waals surface area contributed by atoms with Crippen LogP contribution in [0.4, 0.5) is 0 Å². The molecule has 2 aromatic carbocycles. The fourth-order valence-electron chi connectivity index (χ4n) is 2.09. The number of esters is 1. The Labute approximate surface area is 125 Å². The number of benzene rings is 2. The maximum atomic E-state index is 11.9. The highest BCUT2D eigenvalue weighted by atomic mass is 16.5. The summed E-state index contributed by atoms with van der Waals surface area (Å²) in [6.45, 7) is 1.88. The molecule has 0 aliphatic rings. The smallest absolute Gasteiger partial charge is 0.306 e. The fourth-order valence-corrected chi connectivity index (χ4v) is 2.09. The van der Waals surface area contributed by atoms with E-state index in [0.717, 1.165) is 16.9 Å². The Hall–Kier alpha value is -2.29. The fraction of sp³-hybridized carbons (Fsp3) is 0.278. The van der Waals surface area contributed by atoms with E-state index in [9.17, 15) is 4.79 Å². The van der Waals surface area contributed by atoms with Crippen LogP contribution in [-0.2, 0) is 16.0 Å². The van der Waals surface area contributed by atoms with Crippen LogP contribution in [0, 0.1) is 0 Å². The number of rotatable bonds is 6. The summed E-state index contributed by atoms with van der Waals surface area (Å²) in [7, 11) is 1.63. The van der Waals surface area contributed by atoms with Crippen LogP contribution in [0.2, 0.25) is 0 Å². The van der Waals surface area contributed by atoms with Crippen molar-refractivity contribution in [2.75, 3.05) is 7.11 Å². The molecule has 3 heteroatoms. The zero-order chi connectivity index (χ0) is 15.1. The Bertz CT molecular complexity index is 561. The van der Waals surface area contributed by atoms with E-state index in [1.54, 1.807) is 7.11 Å². The molecule has 0 radical (unpaired) electrons. The zero-order valence-electron chi connectivity index (χ0n) is 12.4. The second-order valence-corrected chi connectivity index (χ2v) is 4.89. The predicted molar refractivity (Wildman–Crippen MR) is 82.3 cm³/mol. The van der Waals surface area contributed by atoms with E-state index in [4.69, 9.17) is 9.47 Å². The second-order valence-electron chi connectivity index (χ2n) is 4.89. The molecule has 0 heterocycles. The number of ether oxygens (including phenoxy) is 2. The molecule has 0 fully saturated rings. The third-order valence-corrected chi connectivity index (χ3v) is 3.35. The molecule has 2 rings (SSSR count). The molecule has 3 nitrogen and oxygen atoms in total. The summed E-state index contributed by atoms with van der Waals surface area (Å²) in [5.41, 5.74) is 2.11. The molecular weight excluding hydrogens is 264 g/mol. The van der Waals surface area contributed by atoms with Crippen LogP contribution >= 0.6 is 0 Å². The first-order valence-corrected chi connectivity index (χ1v) is 7.06. The van der Waals surface area contributed by atoms with Gasteiger partial charge in [-0.1, -0.05) is 42.5 Å². The van der Waals surface area contributed by atoms with Gasteiger partial charge in [-0.05, 0) is 36.6 Å². The Morgan fingerprint density at radius 3 is 2.33 bits per heavy atom. The highest BCUT2D eigenvalue weighted by molar-refractivity contribution is 5.70. The average molecular weight is 284 g/mol. The van der Waals surface area contributed by atoms with Gasteiger partial charge in [-0.25, -0.2) is 0 Å². The summed E-state index contributed by atoms with van der Waals surface area (Å²) in [6.07, 6.45) is 0.846. The van der Waals surface area contributed by atoms with Crippen LogP contribution in [0.25, 0.3) is 0 Å². The van der Waals surface area contributed by atoms with Crippen molar-refractivity contribution in [1.29, 1.82) is 0 Å². The number of aryl methyl sites for hydroxylation is 1. The minimum atomic E-state index is -0.251. The van der Waals surface area contributed by atoms with Gasteiger partial charge in [-0.3, -0.25) is 4.79 Å². The molecular formula is C18H20O3. The topological polar surface area (TPSA) is 35.5 Å². The molecule has 0 aliphatic carbocycles. The first kappa shape index (κ1) is 15.1. The van der Waals surface area contributed by atoms with E-state index in [1.165, 1.54) is 0 Å². The minimum absolute atomic E-state index is 0.179. The number of hydrogen-bond donors (Lipinski definition) is 0. The molecule has 2 aromatic rings. The van der Waals surface area contributed by atoms with E-state index < -0.39 is 0 Å². The van der Waals surface area contributed by atoms with Gasteiger partial charge in [0.1, 0.15) is 11.9 Å². The van der Waals surface area contributed by atoms with Crippen molar-refractivity contribution in [3.05, 3.63) is 65.7 Å². The molecule has 0 saturated carbocycles. The number of hydrogen-bond acceptors (Lipinski definition) is 3. The molecule has 0 bridgehead atoms. The SMILES string of the molecule is COc1ccc([C@@H](C)OC(=O)CCc2ccccc2)cc1. The normalized spacial score (nSPS) is 11.7. The first-order chi connectivity index (χ1) is 10.2. The lowest BCUT2D eigenvalue weighted by atomic mass is 10.1. The predicted octanol–water partition coefficient (Wildman–Crippen LogP) is 3.93. The Morgan fingerprint density at radius 1 is 1.05 bits per heavy atom. The van der Waals surface area contributed by atoms with E-state index in [2.05, 4.69) is 0 Å². The van der Waals surface area contributed by atoms with Crippen LogP contribution in [0.3, 0.4) is 0 Å². The highest BCUT2D eigenvalue weighted by Gasteiger charge is 2.11. The molecule has 21 heavy (non-hydrogen) atoms. The molecule has 0 saturated heterocycles. The lowest BCUT2D eigenvalue weighted by molar-refractivity contribution is -0.148. The van der Waals surface area contributed by atoms with Crippen LogP contribution < -0.4 is 4.74 Å². The van der Waals surface area contributed by atoms with Gasteiger partial charge in [0, 0.05) is 6.42 Å². The van der Waals surface area contributed by atoms with Crippen LogP contribution in [-0.4, -0.2) is 13.1 Å². The Kier molecular flexibility index (Phi) is 5.38. The average Bonchev–Trinajstić information content (AvgIpc) is 2.54. The third kappa shape index (κ3) is 4.63. The van der Waals surface area contributed by atoms with Gasteiger partial charge in [0.05, 0.1) is 7.11 Å². The summed E-state index contributed by atoms with van der Waals surface area (Å²) < 4.78 is 10.6. The van der Waals surface area contributed by atoms with Crippen molar-refractivity contribution >= 4 is 5.97 Å². The quantitative estimate of drug-likeness (QED) is 0.754. The lowest BCUT2D eigenvalue weighted by Gasteiger charge is -2.14. The van der Waals surface area contributed by atoms with Crippen molar-refractivity contribution in [3.63, 3.8) is 0 Å². The summed E-state index contributed by atoms with van der Waals surface area (Å²) in [4.78, 5) is 11.9. The van der Waals surface area contributed by atoms with Crippen molar-refractivity contribution < 1.29 is 14.3 Å². The summed E-state index contributed by atoms with van der Waals surface area (Å²) in [5, 5.41) is 0. The lowest BCUT2D eigenvalue weighted by Crippen LogP contribution is -2.09. The van der Waals surface area contributed by atoms with Gasteiger partial charge < -0.3 is 9.47 Å². The second kappa shape index (κ2) is 7.48. The molecule has 0 N–H and O–H groups in total. The maximum absolute atomic E-state index is 11.9. The summed E-state index contributed by atoms with van der Waals surface area (Å²) in [5.74, 6) is 0.614. The molecule has 1 atom stereocenters. The van der Waals surface area contributed by atoms with Crippen LogP contribution in [0.1, 0.15) is 30.6 Å². The number of carbonyl (C=O) groups excluding carboxylic acids is 1. The van der Waals surface area contributed by atoms with E-state index >= 15 is 0 Å². The number of carbonyl (C=O) groups is 1. The van der Waals surface area contributed by atoms with E-state index in [1.807, 2.05) is 61.5 Å². The largest absolute Gasteiger partial charge is 0.497 e. The molecule has 0 aromatic heterocycles. The third-order valence-electron chi connectivity index (χ3n) is 3.35. The van der Waals surface area contributed by atoms with Crippen LogP contribution in [0.5, 0.6) is 5.75 Å². The van der Waals surface area contributed by atoms with Crippen molar-refractivity contribution in [3.8, 4) is 5.75 Å². The number of methoxy groups -OCH3 is 1. The van der Waals surface area contributed by atoms with Crippen LogP contribution in [0.15, 0.2) is 54.6 Å². The van der Waals surface area contributed by atoms with Crippen molar-refractivity contribution in [2.45, 2.75) is 25.9 Å². The van der Waals surface area contributed by atoms with Gasteiger partial charge in [0.25, 0.3) is 0 Å². The standard InChI is InChI=1S/C18H20O3/c1-14(16-9-11-17(20-2)12-10-16)21-18(19)13-8-15-6-4-3-5-7-15/h3-7,9-12,14H,8,13H2,1-2H3/t14-/m1/s1. The van der Waals surface area contributed by atoms with Crippen molar-refractivity contribution in [1.82, 2.24) is 0 Å². The first-order valence-electron chi connectivity index (χ1n) is 7.06. The Morgan fingerprint density at radius 2 is 1.71 bits per heavy atom. The monoisotopic (exact) mass is 284 g/mol. The van der Waals surface area contributed by atoms with Gasteiger partial charge in [-0.2, -0.15) is 0 Å². The van der Waals surface area contributed by atoms with E-state index in [0.29, 0.717) is 12.8 Å². The molecule has 110 valence electrons. The molecule has 0 unspecified atom stereocenters. The minimum Gasteiger partial charge on any atom is -0.497 e. The van der Waals surface area contributed by atoms with E-state index in [-0.39, 0.29) is 12.1 Å².